The third-order valence-electron chi connectivity index (χ3n) is 7.56. The lowest BCUT2D eigenvalue weighted by molar-refractivity contribution is -0.132. The summed E-state index contributed by atoms with van der Waals surface area (Å²) in [5.74, 6) is 1.58. The van der Waals surface area contributed by atoms with E-state index in [4.69, 9.17) is 16.6 Å². The van der Waals surface area contributed by atoms with Gasteiger partial charge < -0.3 is 9.80 Å². The normalized spacial score (nSPS) is 15.1. The van der Waals surface area contributed by atoms with Gasteiger partial charge in [0.15, 0.2) is 11.5 Å². The predicted molar refractivity (Wildman–Crippen MR) is 156 cm³/mol. The number of benzene rings is 3. The first-order valence-electron chi connectivity index (χ1n) is 13.5. The van der Waals surface area contributed by atoms with E-state index >= 15 is 0 Å². The quantitative estimate of drug-likeness (QED) is 0.269. The van der Waals surface area contributed by atoms with Gasteiger partial charge in [0.05, 0.1) is 11.4 Å². The molecule has 0 N–H and O–H groups in total. The van der Waals surface area contributed by atoms with Gasteiger partial charge in [-0.05, 0) is 49.6 Å². The summed E-state index contributed by atoms with van der Waals surface area (Å²) in [5, 5.41) is 10.8. The summed E-state index contributed by atoms with van der Waals surface area (Å²) >= 11 is 6.36. The zero-order valence-corrected chi connectivity index (χ0v) is 23.0. The van der Waals surface area contributed by atoms with Gasteiger partial charge in [-0.2, -0.15) is 0 Å². The number of halogens is 1. The number of anilines is 1. The molecule has 5 aromatic rings. The van der Waals surface area contributed by atoms with Gasteiger partial charge in [0, 0.05) is 42.2 Å². The summed E-state index contributed by atoms with van der Waals surface area (Å²) in [4.78, 5) is 23.0. The maximum absolute atomic E-state index is 13.6. The van der Waals surface area contributed by atoms with Gasteiger partial charge in [0.25, 0.3) is 0 Å². The van der Waals surface area contributed by atoms with Crippen LogP contribution >= 0.6 is 11.6 Å². The molecule has 6 rings (SSSR count). The number of amides is 1. The fourth-order valence-corrected chi connectivity index (χ4v) is 5.74. The van der Waals surface area contributed by atoms with E-state index in [-0.39, 0.29) is 11.8 Å². The Morgan fingerprint density at radius 3 is 2.59 bits per heavy atom. The van der Waals surface area contributed by atoms with Crippen LogP contribution in [0.25, 0.3) is 27.9 Å². The molecule has 0 aliphatic carbocycles. The summed E-state index contributed by atoms with van der Waals surface area (Å²) in [6, 6.07) is 24.1. The Bertz CT molecular complexity index is 1650. The Kier molecular flexibility index (Phi) is 6.92. The van der Waals surface area contributed by atoms with E-state index in [1.807, 2.05) is 47.4 Å². The fraction of sp³-hybridized carbons (Fsp3) is 0.290. The van der Waals surface area contributed by atoms with E-state index < -0.39 is 0 Å². The summed E-state index contributed by atoms with van der Waals surface area (Å²) in [7, 11) is 0. The molecule has 0 unspecified atom stereocenters. The summed E-state index contributed by atoms with van der Waals surface area (Å²) in [6.45, 7) is 6.93. The molecule has 1 aliphatic heterocycles. The van der Waals surface area contributed by atoms with Crippen molar-refractivity contribution in [3.8, 4) is 11.4 Å². The van der Waals surface area contributed by atoms with Gasteiger partial charge >= 0.3 is 0 Å². The van der Waals surface area contributed by atoms with Crippen LogP contribution in [0.4, 0.5) is 5.95 Å². The Labute approximate surface area is 233 Å². The average molecular weight is 539 g/mol. The molecular weight excluding hydrogens is 508 g/mol. The largest absolute Gasteiger partial charge is 0.340 e. The van der Waals surface area contributed by atoms with Crippen LogP contribution in [0.2, 0.25) is 5.02 Å². The smallest absolute Gasteiger partial charge is 0.230 e. The van der Waals surface area contributed by atoms with Crippen molar-refractivity contribution in [2.24, 2.45) is 0 Å². The third-order valence-corrected chi connectivity index (χ3v) is 7.79. The molecule has 8 heteroatoms. The topological polar surface area (TPSA) is 66.6 Å². The molecule has 0 bridgehead atoms. The van der Waals surface area contributed by atoms with E-state index in [2.05, 4.69) is 63.7 Å². The van der Waals surface area contributed by atoms with E-state index in [1.165, 1.54) is 0 Å². The van der Waals surface area contributed by atoms with Crippen molar-refractivity contribution in [1.82, 2.24) is 24.5 Å². The van der Waals surface area contributed by atoms with Crippen LogP contribution in [0.1, 0.15) is 36.8 Å². The molecule has 2 aromatic heterocycles. The third kappa shape index (κ3) is 4.83. The molecule has 0 spiro atoms. The van der Waals surface area contributed by atoms with Crippen molar-refractivity contribution in [2.45, 2.75) is 32.6 Å². The zero-order chi connectivity index (χ0) is 26.9. The minimum atomic E-state index is -0.129. The lowest BCUT2D eigenvalue weighted by Gasteiger charge is -2.27. The number of aromatic nitrogens is 4. The first kappa shape index (κ1) is 25.3. The fourth-order valence-electron chi connectivity index (χ4n) is 5.57. The number of aryl methyl sites for hydroxylation is 1. The van der Waals surface area contributed by atoms with Crippen molar-refractivity contribution in [3.05, 3.63) is 88.9 Å². The molecule has 0 radical (unpaired) electrons. The molecule has 3 aromatic carbocycles. The van der Waals surface area contributed by atoms with E-state index in [1.54, 1.807) is 0 Å². The first-order chi connectivity index (χ1) is 19.0. The van der Waals surface area contributed by atoms with E-state index in [9.17, 15) is 4.79 Å². The molecule has 0 saturated carbocycles. The number of carbonyl (C=O) groups is 1. The van der Waals surface area contributed by atoms with E-state index in [0.717, 1.165) is 64.4 Å². The summed E-state index contributed by atoms with van der Waals surface area (Å²) in [6.07, 6.45) is 1.62. The molecule has 1 saturated heterocycles. The van der Waals surface area contributed by atoms with Crippen molar-refractivity contribution in [2.75, 3.05) is 31.1 Å². The predicted octanol–water partition coefficient (Wildman–Crippen LogP) is 6.14. The highest BCUT2D eigenvalue weighted by atomic mass is 35.5. The molecular formula is C31H31ClN6O. The molecule has 3 heterocycles. The number of hydrogen-bond acceptors (Lipinski definition) is 5. The lowest BCUT2D eigenvalue weighted by Crippen LogP contribution is -2.38. The van der Waals surface area contributed by atoms with E-state index in [0.29, 0.717) is 24.7 Å². The van der Waals surface area contributed by atoms with Crippen molar-refractivity contribution >= 4 is 40.0 Å². The lowest BCUT2D eigenvalue weighted by atomic mass is 9.95. The highest BCUT2D eigenvalue weighted by Crippen LogP contribution is 2.31. The van der Waals surface area contributed by atoms with Crippen LogP contribution < -0.4 is 4.90 Å². The minimum absolute atomic E-state index is 0.129. The molecule has 1 fully saturated rings. The monoisotopic (exact) mass is 538 g/mol. The Hall–Kier alpha value is -3.97. The van der Waals surface area contributed by atoms with Gasteiger partial charge in [0.2, 0.25) is 11.9 Å². The zero-order valence-electron chi connectivity index (χ0n) is 22.2. The second-order valence-electron chi connectivity index (χ2n) is 10.2. The van der Waals surface area contributed by atoms with Crippen LogP contribution in [0, 0.1) is 6.92 Å². The maximum atomic E-state index is 13.6. The van der Waals surface area contributed by atoms with Gasteiger partial charge in [-0.25, -0.2) is 9.38 Å². The van der Waals surface area contributed by atoms with Crippen molar-refractivity contribution in [1.29, 1.82) is 0 Å². The second-order valence-corrected chi connectivity index (χ2v) is 10.6. The molecule has 1 atom stereocenters. The van der Waals surface area contributed by atoms with Gasteiger partial charge in [0.1, 0.15) is 0 Å². The number of carbonyl (C=O) groups excluding carboxylic acids is 1. The average Bonchev–Trinajstić information content (AvgIpc) is 3.24. The van der Waals surface area contributed by atoms with Crippen molar-refractivity contribution < 1.29 is 4.79 Å². The molecule has 7 nitrogen and oxygen atoms in total. The maximum Gasteiger partial charge on any atom is 0.230 e. The van der Waals surface area contributed by atoms with Crippen LogP contribution in [0.5, 0.6) is 0 Å². The van der Waals surface area contributed by atoms with Crippen LogP contribution in [0.3, 0.4) is 0 Å². The Morgan fingerprint density at radius 1 is 0.949 bits per heavy atom. The molecule has 1 aliphatic rings. The van der Waals surface area contributed by atoms with Crippen molar-refractivity contribution in [3.63, 3.8) is 0 Å². The molecule has 1 amide bonds. The van der Waals surface area contributed by atoms with Gasteiger partial charge in [-0.3, -0.25) is 4.79 Å². The highest BCUT2D eigenvalue weighted by Gasteiger charge is 2.28. The molecule has 39 heavy (non-hydrogen) atoms. The summed E-state index contributed by atoms with van der Waals surface area (Å²) in [5.41, 5.74) is 4.74. The summed E-state index contributed by atoms with van der Waals surface area (Å²) < 4.78 is 2.06. The van der Waals surface area contributed by atoms with Crippen LogP contribution in [-0.4, -0.2) is 56.6 Å². The second kappa shape index (κ2) is 10.7. The SMILES string of the molecule is CC[C@H](C(=O)N1CCCN(c2nc3cc(Cl)ccc3c3nnc(-c4cccc(C)c4)n23)CC1)c1ccccc1. The Morgan fingerprint density at radius 2 is 1.79 bits per heavy atom. The van der Waals surface area contributed by atoms with Crippen LogP contribution in [0.15, 0.2) is 72.8 Å². The van der Waals surface area contributed by atoms with Gasteiger partial charge in [-0.1, -0.05) is 72.6 Å². The number of fused-ring (bicyclic) bond motifs is 3. The Balaban J connectivity index is 1.38. The standard InChI is InChI=1S/C31H31ClN6O/c1-3-25(22-10-5-4-6-11-22)30(39)36-15-8-16-37(18-17-36)31-33-27-20-24(32)13-14-26(27)29-35-34-28(38(29)31)23-12-7-9-21(2)19-23/h4-7,9-14,19-20,25H,3,8,15-18H2,1-2H3/t25-/m0/s1. The number of rotatable bonds is 5. The number of nitrogens with zero attached hydrogens (tertiary/aromatic N) is 6. The number of hydrogen-bond donors (Lipinski definition) is 0. The highest BCUT2D eigenvalue weighted by molar-refractivity contribution is 6.31. The minimum Gasteiger partial charge on any atom is -0.340 e. The first-order valence-corrected chi connectivity index (χ1v) is 13.9. The molecule has 198 valence electrons. The van der Waals surface area contributed by atoms with Gasteiger partial charge in [-0.15, -0.1) is 10.2 Å². The van der Waals surface area contributed by atoms with Crippen LogP contribution in [-0.2, 0) is 4.79 Å².